The Bertz CT molecular complexity index is 1820. The first-order chi connectivity index (χ1) is 22.7. The van der Waals surface area contributed by atoms with Gasteiger partial charge in [-0.1, -0.05) is 12.1 Å². The van der Waals surface area contributed by atoms with E-state index in [0.29, 0.717) is 40.5 Å². The maximum absolute atomic E-state index is 13.3. The third-order valence-corrected chi connectivity index (χ3v) is 11.5. The number of hydrogen-bond donors (Lipinski definition) is 2. The van der Waals surface area contributed by atoms with Crippen molar-refractivity contribution in [1.29, 1.82) is 0 Å². The van der Waals surface area contributed by atoms with Crippen molar-refractivity contribution in [3.05, 3.63) is 60.7 Å². The molecule has 1 aromatic heterocycles. The molecule has 3 aromatic carbocycles. The topological polar surface area (TPSA) is 112 Å². The van der Waals surface area contributed by atoms with Crippen LogP contribution in [0.5, 0.6) is 11.5 Å². The summed E-state index contributed by atoms with van der Waals surface area (Å²) in [5, 5.41) is 6.79. The Labute approximate surface area is 277 Å². The van der Waals surface area contributed by atoms with Gasteiger partial charge < -0.3 is 29.9 Å². The van der Waals surface area contributed by atoms with Crippen LogP contribution >= 0.6 is 0 Å². The van der Waals surface area contributed by atoms with Gasteiger partial charge in [0.05, 0.1) is 41.3 Å². The molecule has 12 heteroatoms. The van der Waals surface area contributed by atoms with Gasteiger partial charge in [-0.15, -0.1) is 0 Å². The van der Waals surface area contributed by atoms with Gasteiger partial charge in [-0.25, -0.2) is 13.4 Å². The molecule has 0 saturated carbocycles. The maximum atomic E-state index is 13.3. The average molecular weight is 660 g/mol. The number of hydrogen-bond acceptors (Lipinski definition) is 11. The molecule has 0 spiro atoms. The van der Waals surface area contributed by atoms with Crippen molar-refractivity contribution in [2.75, 3.05) is 76.1 Å². The highest BCUT2D eigenvalue weighted by molar-refractivity contribution is 7.92. The summed E-state index contributed by atoms with van der Waals surface area (Å²) in [5.41, 5.74) is 2.94. The van der Waals surface area contributed by atoms with Crippen LogP contribution in [0, 0.1) is 0 Å². The van der Waals surface area contributed by atoms with Crippen LogP contribution < -0.4 is 25.0 Å². The number of anilines is 5. The lowest BCUT2D eigenvalue weighted by Crippen LogP contribution is -2.52. The molecule has 250 valence electrons. The number of piperidine rings is 1. The molecule has 0 unspecified atom stereocenters. The van der Waals surface area contributed by atoms with Crippen LogP contribution in [0.3, 0.4) is 0 Å². The first kappa shape index (κ1) is 32.8. The summed E-state index contributed by atoms with van der Waals surface area (Å²) in [6.07, 6.45) is 2.31. The summed E-state index contributed by atoms with van der Waals surface area (Å²) in [4.78, 5) is 17.3. The molecule has 3 heterocycles. The fourth-order valence-electron chi connectivity index (χ4n) is 6.37. The number of methoxy groups -OCH3 is 2. The number of likely N-dealkylation sites (N-methyl/N-ethyl adjacent to an activating group) is 1. The van der Waals surface area contributed by atoms with Crippen molar-refractivity contribution >= 4 is 49.6 Å². The quantitative estimate of drug-likeness (QED) is 0.224. The minimum atomic E-state index is -3.60. The molecule has 2 aliphatic heterocycles. The van der Waals surface area contributed by atoms with Crippen LogP contribution in [0.2, 0.25) is 0 Å². The zero-order valence-electron chi connectivity index (χ0n) is 27.9. The second-order valence-corrected chi connectivity index (χ2v) is 15.0. The number of rotatable bonds is 10. The van der Waals surface area contributed by atoms with Crippen LogP contribution in [0.1, 0.15) is 26.7 Å². The van der Waals surface area contributed by atoms with Crippen molar-refractivity contribution < 1.29 is 17.9 Å². The normalized spacial score (nSPS) is 16.9. The van der Waals surface area contributed by atoms with Crippen LogP contribution in [0.25, 0.3) is 10.9 Å². The molecule has 0 amide bonds. The molecule has 2 saturated heterocycles. The molecule has 0 radical (unpaired) electrons. The summed E-state index contributed by atoms with van der Waals surface area (Å²) in [6, 6.07) is 19.3. The molecule has 47 heavy (non-hydrogen) atoms. The number of para-hydroxylation sites is 1. The van der Waals surface area contributed by atoms with Gasteiger partial charge in [0.1, 0.15) is 17.3 Å². The van der Waals surface area contributed by atoms with E-state index in [-0.39, 0.29) is 4.90 Å². The predicted molar refractivity (Wildman–Crippen MR) is 189 cm³/mol. The Morgan fingerprint density at radius 2 is 1.57 bits per heavy atom. The molecule has 0 aliphatic carbocycles. The van der Waals surface area contributed by atoms with E-state index in [4.69, 9.17) is 19.4 Å². The molecular weight excluding hydrogens is 614 g/mol. The smallest absolute Gasteiger partial charge is 0.229 e. The van der Waals surface area contributed by atoms with Gasteiger partial charge in [0.15, 0.2) is 9.84 Å². The predicted octanol–water partition coefficient (Wildman–Crippen LogP) is 5.53. The largest absolute Gasteiger partial charge is 0.497 e. The van der Waals surface area contributed by atoms with Crippen LogP contribution in [0.4, 0.5) is 28.8 Å². The molecular formula is C35H45N7O4S. The monoisotopic (exact) mass is 659 g/mol. The highest BCUT2D eigenvalue weighted by Gasteiger charge is 2.28. The third-order valence-electron chi connectivity index (χ3n) is 9.29. The van der Waals surface area contributed by atoms with Crippen molar-refractivity contribution in [3.63, 3.8) is 0 Å². The van der Waals surface area contributed by atoms with Crippen molar-refractivity contribution in [3.8, 4) is 11.5 Å². The number of benzene rings is 3. The molecule has 4 aromatic rings. The van der Waals surface area contributed by atoms with Gasteiger partial charge >= 0.3 is 0 Å². The van der Waals surface area contributed by atoms with E-state index in [0.717, 1.165) is 68.9 Å². The molecule has 0 atom stereocenters. The molecule has 2 N–H and O–H groups in total. The van der Waals surface area contributed by atoms with E-state index in [9.17, 15) is 8.42 Å². The molecule has 11 nitrogen and oxygen atoms in total. The molecule has 0 bridgehead atoms. The Balaban J connectivity index is 1.25. The summed E-state index contributed by atoms with van der Waals surface area (Å²) >= 11 is 0. The Kier molecular flexibility index (Phi) is 9.72. The number of sulfone groups is 1. The number of ether oxygens (including phenoxy) is 2. The van der Waals surface area contributed by atoms with Gasteiger partial charge in [-0.2, -0.15) is 4.98 Å². The van der Waals surface area contributed by atoms with Crippen molar-refractivity contribution in [1.82, 2.24) is 19.8 Å². The van der Waals surface area contributed by atoms with E-state index < -0.39 is 15.1 Å². The van der Waals surface area contributed by atoms with E-state index in [1.165, 1.54) is 0 Å². The van der Waals surface area contributed by atoms with Crippen LogP contribution in [0.15, 0.2) is 65.6 Å². The molecule has 6 rings (SSSR count). The SMILES string of the molecule is COc1ccc(S(=O)(=O)C(C)C)c(Nc2nc(Nc3ccc(N4CCC(N5CCN(C)CC5)CC4)cc3OC)nc3ccccc23)c1. The summed E-state index contributed by atoms with van der Waals surface area (Å²) in [7, 11) is 1.82. The van der Waals surface area contributed by atoms with Gasteiger partial charge in [-0.05, 0) is 70.1 Å². The minimum absolute atomic E-state index is 0.176. The zero-order valence-corrected chi connectivity index (χ0v) is 28.7. The van der Waals surface area contributed by atoms with E-state index in [2.05, 4.69) is 44.5 Å². The summed E-state index contributed by atoms with van der Waals surface area (Å²) < 4.78 is 37.8. The Morgan fingerprint density at radius 3 is 2.28 bits per heavy atom. The van der Waals surface area contributed by atoms with Crippen LogP contribution in [-0.4, -0.2) is 100 Å². The van der Waals surface area contributed by atoms with Gasteiger partial charge in [0, 0.05) is 68.5 Å². The highest BCUT2D eigenvalue weighted by Crippen LogP contribution is 2.36. The highest BCUT2D eigenvalue weighted by atomic mass is 32.2. The number of aromatic nitrogens is 2. The first-order valence-corrected chi connectivity index (χ1v) is 17.8. The van der Waals surface area contributed by atoms with Gasteiger partial charge in [-0.3, -0.25) is 4.90 Å². The van der Waals surface area contributed by atoms with Crippen LogP contribution in [-0.2, 0) is 9.84 Å². The number of fused-ring (bicyclic) bond motifs is 1. The fraction of sp³-hybridized carbons (Fsp3) is 0.429. The second-order valence-electron chi connectivity index (χ2n) is 12.6. The fourth-order valence-corrected chi connectivity index (χ4v) is 7.55. The lowest BCUT2D eigenvalue weighted by molar-refractivity contribution is 0.0982. The standard InChI is InChI=1S/C35H45N7O4S/c1-24(2)47(43,44)33-13-11-27(45-4)23-31(33)36-34-28-8-6-7-9-29(28)37-35(39-34)38-30-12-10-26(22-32(30)46-5)41-16-14-25(15-17-41)42-20-18-40(3)19-21-42/h6-13,22-25H,14-21H2,1-5H3,(H2,36,37,38,39). The Morgan fingerprint density at radius 1 is 0.830 bits per heavy atom. The van der Waals surface area contributed by atoms with Gasteiger partial charge in [0.2, 0.25) is 5.95 Å². The van der Waals surface area contributed by atoms with Crippen molar-refractivity contribution in [2.45, 2.75) is 42.9 Å². The average Bonchev–Trinajstić information content (AvgIpc) is 3.08. The van der Waals surface area contributed by atoms with Gasteiger partial charge in [0.25, 0.3) is 0 Å². The van der Waals surface area contributed by atoms with E-state index >= 15 is 0 Å². The Hall–Kier alpha value is -4.13. The maximum Gasteiger partial charge on any atom is 0.229 e. The number of nitrogens with zero attached hydrogens (tertiary/aromatic N) is 5. The van der Waals surface area contributed by atoms with Crippen molar-refractivity contribution in [2.24, 2.45) is 0 Å². The number of nitrogens with one attached hydrogen (secondary N) is 2. The van der Waals surface area contributed by atoms with E-state index in [1.54, 1.807) is 46.3 Å². The lowest BCUT2D eigenvalue weighted by Gasteiger charge is -2.42. The lowest BCUT2D eigenvalue weighted by atomic mass is 10.0. The second kappa shape index (κ2) is 13.9. The summed E-state index contributed by atoms with van der Waals surface area (Å²) in [5.74, 6) is 2.03. The molecule has 2 aliphatic rings. The first-order valence-electron chi connectivity index (χ1n) is 16.2. The third kappa shape index (κ3) is 7.09. The number of piperazine rings is 1. The minimum Gasteiger partial charge on any atom is -0.497 e. The van der Waals surface area contributed by atoms with E-state index in [1.807, 2.05) is 30.3 Å². The molecule has 2 fully saturated rings. The zero-order chi connectivity index (χ0) is 33.1. The summed E-state index contributed by atoms with van der Waals surface area (Å²) in [6.45, 7) is 9.95.